The normalized spacial score (nSPS) is 12.2. The molecule has 0 heterocycles. The smallest absolute Gasteiger partial charge is 0.200 e. The van der Waals surface area contributed by atoms with E-state index in [0.717, 1.165) is 10.9 Å². The first kappa shape index (κ1) is 27.8. The Labute approximate surface area is 195 Å². The van der Waals surface area contributed by atoms with Crippen LogP contribution in [0.2, 0.25) is 0 Å². The maximum atomic E-state index is 5.96. The van der Waals surface area contributed by atoms with Crippen molar-refractivity contribution in [3.63, 3.8) is 0 Å². The molecular weight excluding hydrogens is 477 g/mol. The number of unbranched alkanes of at least 4 members (excludes halogenated alkanes) is 8. The number of nitrogens with zero attached hydrogens (tertiary/aromatic N) is 1. The third kappa shape index (κ3) is 11.1. The van der Waals surface area contributed by atoms with Crippen LogP contribution in [0.25, 0.3) is 0 Å². The average molecular weight is 518 g/mol. The summed E-state index contributed by atoms with van der Waals surface area (Å²) < 4.78 is 1.38. The number of hydrogen-bond donors (Lipinski definition) is 0. The van der Waals surface area contributed by atoms with Gasteiger partial charge in [-0.2, -0.15) is 0 Å². The fraction of sp³-hybridized carbons (Fsp3) is 0.680. The third-order valence-electron chi connectivity index (χ3n) is 5.72. The van der Waals surface area contributed by atoms with Gasteiger partial charge in [-0.25, -0.2) is 0 Å². The first-order valence-corrected chi connectivity index (χ1v) is 12.4. The molecule has 0 aliphatic carbocycles. The van der Waals surface area contributed by atoms with Crippen molar-refractivity contribution in [3.05, 3.63) is 35.9 Å². The van der Waals surface area contributed by atoms with Gasteiger partial charge in [-0.1, -0.05) is 82.7 Å². The van der Waals surface area contributed by atoms with Crippen LogP contribution in [0.15, 0.2) is 30.3 Å². The molecule has 0 amide bonds. The molecule has 0 fully saturated rings. The number of halogens is 2. The molecule has 1 atom stereocenters. The predicted molar refractivity (Wildman–Crippen MR) is 129 cm³/mol. The van der Waals surface area contributed by atoms with E-state index >= 15 is 0 Å². The Hall–Kier alpha value is -0.240. The summed E-state index contributed by atoms with van der Waals surface area (Å²) in [4.78, 5) is 0. The van der Waals surface area contributed by atoms with Gasteiger partial charge in [-0.05, 0) is 37.2 Å². The monoisotopic (exact) mass is 517 g/mol. The van der Waals surface area contributed by atoms with Crippen molar-refractivity contribution >= 4 is 22.6 Å². The Morgan fingerprint density at radius 3 is 1.79 bits per heavy atom. The largest absolute Gasteiger partial charge is 1.00 e. The lowest BCUT2D eigenvalue weighted by atomic mass is 10.1. The molecule has 1 rings (SSSR count). The van der Waals surface area contributed by atoms with E-state index in [-0.39, 0.29) is 16.5 Å². The average Bonchev–Trinajstić information content (AvgIpc) is 2.71. The molecule has 0 saturated carbocycles. The summed E-state index contributed by atoms with van der Waals surface area (Å²) in [5.41, 5.74) is 1.44. The fourth-order valence-corrected chi connectivity index (χ4v) is 4.73. The van der Waals surface area contributed by atoms with Crippen molar-refractivity contribution in [2.75, 3.05) is 19.6 Å². The second kappa shape index (κ2) is 17.6. The van der Waals surface area contributed by atoms with Crippen LogP contribution in [0.5, 0.6) is 0 Å². The van der Waals surface area contributed by atoms with Crippen molar-refractivity contribution in [1.29, 1.82) is 0 Å². The van der Waals surface area contributed by atoms with Crippen LogP contribution in [0.4, 0.5) is 0 Å². The lowest BCUT2D eigenvalue weighted by molar-refractivity contribution is -0.927. The Morgan fingerprint density at radius 2 is 1.32 bits per heavy atom. The van der Waals surface area contributed by atoms with Gasteiger partial charge in [0.05, 0.1) is 19.6 Å². The van der Waals surface area contributed by atoms with Crippen LogP contribution in [-0.4, -0.2) is 28.2 Å². The van der Waals surface area contributed by atoms with Crippen molar-refractivity contribution in [2.45, 2.75) is 88.5 Å². The van der Waals surface area contributed by atoms with Gasteiger partial charge < -0.3 is 16.9 Å². The molecule has 0 radical (unpaired) electrons. The minimum Gasteiger partial charge on any atom is -1.00 e. The Morgan fingerprint density at radius 1 is 0.821 bits per heavy atom. The van der Waals surface area contributed by atoms with Crippen LogP contribution in [0.3, 0.4) is 0 Å². The summed E-state index contributed by atoms with van der Waals surface area (Å²) in [5, 5.41) is 0. The van der Waals surface area contributed by atoms with Gasteiger partial charge in [0.15, 0.2) is 0 Å². The zero-order chi connectivity index (χ0) is 19.8. The van der Waals surface area contributed by atoms with E-state index in [1.54, 1.807) is 0 Å². The first-order valence-electron chi connectivity index (χ1n) is 11.2. The van der Waals surface area contributed by atoms with Crippen molar-refractivity contribution in [1.82, 2.24) is 0 Å². The molecule has 0 N–H and O–H groups in total. The highest BCUT2D eigenvalue weighted by atomic mass is 127. The number of hydrogen-bond acceptors (Lipinski definition) is 0. The van der Waals surface area contributed by atoms with Crippen molar-refractivity contribution in [3.8, 4) is 12.3 Å². The van der Waals surface area contributed by atoms with Crippen LogP contribution in [0, 0.1) is 12.3 Å². The van der Waals surface area contributed by atoms with Gasteiger partial charge in [0.1, 0.15) is 0 Å². The fourth-order valence-electron chi connectivity index (χ4n) is 3.89. The molecule has 28 heavy (non-hydrogen) atoms. The lowest BCUT2D eigenvalue weighted by Crippen LogP contribution is -3.00. The Kier molecular flexibility index (Phi) is 17.5. The Balaban J connectivity index is 0.00000729. The number of benzene rings is 1. The maximum Gasteiger partial charge on any atom is 0.200 e. The number of rotatable bonds is 16. The van der Waals surface area contributed by atoms with Gasteiger partial charge in [-0.3, -0.25) is 0 Å². The van der Waals surface area contributed by atoms with Gasteiger partial charge in [0.25, 0.3) is 0 Å². The minimum absolute atomic E-state index is 0. The van der Waals surface area contributed by atoms with Gasteiger partial charge in [0.2, 0.25) is 4.05 Å². The summed E-state index contributed by atoms with van der Waals surface area (Å²) in [6.45, 7) is 8.22. The molecule has 160 valence electrons. The van der Waals surface area contributed by atoms with E-state index in [9.17, 15) is 0 Å². The van der Waals surface area contributed by atoms with E-state index in [1.165, 1.54) is 89.4 Å². The SMILES string of the molecule is C#CC(I)[N+](CCCCCCC)(CCCCCCC)CCc1ccccc1.[Cl-]. The first-order chi connectivity index (χ1) is 13.2. The second-order valence-electron chi connectivity index (χ2n) is 7.96. The molecular formula is C25H41ClIN. The number of quaternary nitrogens is 1. The number of terminal acetylenes is 1. The highest BCUT2D eigenvalue weighted by molar-refractivity contribution is 14.1. The number of alkyl halides is 1. The van der Waals surface area contributed by atoms with E-state index in [1.807, 2.05) is 0 Å². The molecule has 3 heteroatoms. The summed E-state index contributed by atoms with van der Waals surface area (Å²) >= 11 is 2.54. The molecule has 1 aromatic rings. The molecule has 0 spiro atoms. The van der Waals surface area contributed by atoms with Crippen LogP contribution >= 0.6 is 22.6 Å². The summed E-state index contributed by atoms with van der Waals surface area (Å²) in [6.07, 6.45) is 20.5. The zero-order valence-electron chi connectivity index (χ0n) is 18.1. The second-order valence-corrected chi connectivity index (χ2v) is 9.14. The molecule has 0 aromatic heterocycles. The van der Waals surface area contributed by atoms with Crippen LogP contribution in [-0.2, 0) is 6.42 Å². The highest BCUT2D eigenvalue weighted by Crippen LogP contribution is 2.24. The van der Waals surface area contributed by atoms with E-state index in [2.05, 4.69) is 72.7 Å². The standard InChI is InChI=1S/C25H41IN.ClH/c1-4-7-9-11-16-21-27(25(26)6-3,22-17-12-10-8-5-2)23-20-24-18-14-13-15-19-24;/h3,13-15,18-19,25H,4-5,7-12,16-17,20-23H2,1-2H3;1H/q+1;/p-1. The van der Waals surface area contributed by atoms with E-state index in [0.29, 0.717) is 0 Å². The quantitative estimate of drug-likeness (QED) is 0.0762. The topological polar surface area (TPSA) is 0 Å². The minimum atomic E-state index is 0. The van der Waals surface area contributed by atoms with E-state index < -0.39 is 0 Å². The molecule has 0 saturated heterocycles. The van der Waals surface area contributed by atoms with Gasteiger partial charge >= 0.3 is 0 Å². The maximum absolute atomic E-state index is 5.96. The predicted octanol–water partition coefficient (Wildman–Crippen LogP) is 4.39. The molecule has 0 aliphatic heterocycles. The third-order valence-corrected chi connectivity index (χ3v) is 7.26. The van der Waals surface area contributed by atoms with Crippen LogP contribution in [0.1, 0.15) is 83.6 Å². The Bertz CT molecular complexity index is 497. The molecule has 1 unspecified atom stereocenters. The zero-order valence-corrected chi connectivity index (χ0v) is 21.1. The molecule has 1 nitrogen and oxygen atoms in total. The van der Waals surface area contributed by atoms with Crippen molar-refractivity contribution in [2.24, 2.45) is 0 Å². The summed E-state index contributed by atoms with van der Waals surface area (Å²) in [5.74, 6) is 3.11. The highest BCUT2D eigenvalue weighted by Gasteiger charge is 2.33. The van der Waals surface area contributed by atoms with Crippen LogP contribution < -0.4 is 12.4 Å². The summed E-state index contributed by atoms with van der Waals surface area (Å²) in [7, 11) is 0. The summed E-state index contributed by atoms with van der Waals surface area (Å²) in [6, 6.07) is 10.9. The van der Waals surface area contributed by atoms with E-state index in [4.69, 9.17) is 6.42 Å². The molecule has 0 bridgehead atoms. The van der Waals surface area contributed by atoms with Gasteiger partial charge in [-0.15, -0.1) is 6.42 Å². The molecule has 1 aromatic carbocycles. The van der Waals surface area contributed by atoms with Crippen molar-refractivity contribution < 1.29 is 16.9 Å². The molecule has 0 aliphatic rings. The van der Waals surface area contributed by atoms with Gasteiger partial charge in [0, 0.05) is 29.0 Å². The lowest BCUT2D eigenvalue weighted by Gasteiger charge is -2.41.